The number of ether oxygens (including phenoxy) is 1. The molecular formula is C13H11BrCl2N4O. The van der Waals surface area contributed by atoms with Crippen LogP contribution in [0.1, 0.15) is 12.8 Å². The molecule has 0 spiro atoms. The zero-order valence-corrected chi connectivity index (χ0v) is 14.0. The molecule has 5 nitrogen and oxygen atoms in total. The van der Waals surface area contributed by atoms with E-state index in [9.17, 15) is 0 Å². The summed E-state index contributed by atoms with van der Waals surface area (Å²) in [5.41, 5.74) is 0. The smallest absolute Gasteiger partial charge is 0.328 e. The highest BCUT2D eigenvalue weighted by Crippen LogP contribution is 2.31. The normalized spacial score (nSPS) is 14.5. The number of nitrogens with zero attached hydrogens (tertiary/aromatic N) is 4. The standard InChI is InChI=1S/C13H11BrCl2N4O/c14-8-3-4-9(15)10(7-8)21-13-18-11(16)17-12(19-13)20-5-1-2-6-20/h3-4,7H,1-2,5-6H2. The van der Waals surface area contributed by atoms with E-state index < -0.39 is 0 Å². The third kappa shape index (κ3) is 3.56. The van der Waals surface area contributed by atoms with E-state index in [1.807, 2.05) is 6.07 Å². The van der Waals surface area contributed by atoms with E-state index in [4.69, 9.17) is 27.9 Å². The molecule has 2 heterocycles. The summed E-state index contributed by atoms with van der Waals surface area (Å²) < 4.78 is 6.48. The van der Waals surface area contributed by atoms with E-state index in [0.717, 1.165) is 30.4 Å². The number of aromatic nitrogens is 3. The van der Waals surface area contributed by atoms with E-state index in [1.54, 1.807) is 12.1 Å². The number of halogens is 3. The van der Waals surface area contributed by atoms with E-state index in [0.29, 0.717) is 16.7 Å². The van der Waals surface area contributed by atoms with Gasteiger partial charge in [0.2, 0.25) is 11.2 Å². The van der Waals surface area contributed by atoms with Crippen LogP contribution in [-0.4, -0.2) is 28.0 Å². The van der Waals surface area contributed by atoms with Crippen molar-refractivity contribution in [2.75, 3.05) is 18.0 Å². The summed E-state index contributed by atoms with van der Waals surface area (Å²) in [7, 11) is 0. The molecule has 0 amide bonds. The van der Waals surface area contributed by atoms with Crippen molar-refractivity contribution >= 4 is 45.1 Å². The van der Waals surface area contributed by atoms with Crippen LogP contribution in [0.5, 0.6) is 11.8 Å². The Morgan fingerprint density at radius 3 is 2.62 bits per heavy atom. The van der Waals surface area contributed by atoms with Crippen LogP contribution >= 0.6 is 39.1 Å². The first-order valence-corrected chi connectivity index (χ1v) is 7.96. The van der Waals surface area contributed by atoms with Crippen LogP contribution in [-0.2, 0) is 0 Å². The zero-order chi connectivity index (χ0) is 14.8. The number of hydrogen-bond donors (Lipinski definition) is 0. The topological polar surface area (TPSA) is 51.1 Å². The molecule has 1 aliphatic heterocycles. The van der Waals surface area contributed by atoms with Gasteiger partial charge in [-0.1, -0.05) is 27.5 Å². The van der Waals surface area contributed by atoms with Crippen LogP contribution in [0, 0.1) is 0 Å². The molecule has 0 saturated carbocycles. The molecule has 3 rings (SSSR count). The lowest BCUT2D eigenvalue weighted by molar-refractivity contribution is 0.439. The minimum absolute atomic E-state index is 0.105. The largest absolute Gasteiger partial charge is 0.423 e. The fourth-order valence-corrected chi connectivity index (χ4v) is 2.72. The van der Waals surface area contributed by atoms with Crippen molar-refractivity contribution < 1.29 is 4.74 Å². The summed E-state index contributed by atoms with van der Waals surface area (Å²) in [4.78, 5) is 14.5. The SMILES string of the molecule is Clc1nc(Oc2cc(Br)ccc2Cl)nc(N2CCCC2)n1. The lowest BCUT2D eigenvalue weighted by atomic mass is 10.3. The Balaban J connectivity index is 1.89. The Hall–Kier alpha value is -1.11. The first-order chi connectivity index (χ1) is 10.1. The molecular weight excluding hydrogens is 379 g/mol. The van der Waals surface area contributed by atoms with Gasteiger partial charge in [0.15, 0.2) is 5.75 Å². The number of anilines is 1. The fraction of sp³-hybridized carbons (Fsp3) is 0.308. The van der Waals surface area contributed by atoms with Crippen molar-refractivity contribution in [3.63, 3.8) is 0 Å². The predicted octanol–water partition coefficient (Wildman–Crippen LogP) is 4.33. The van der Waals surface area contributed by atoms with Crippen LogP contribution in [0.15, 0.2) is 22.7 Å². The molecule has 1 aromatic carbocycles. The number of benzene rings is 1. The van der Waals surface area contributed by atoms with Crippen LogP contribution in [0.3, 0.4) is 0 Å². The van der Waals surface area contributed by atoms with Gasteiger partial charge < -0.3 is 9.64 Å². The summed E-state index contributed by atoms with van der Waals surface area (Å²) in [6.07, 6.45) is 2.24. The second-order valence-electron chi connectivity index (χ2n) is 4.56. The second-order valence-corrected chi connectivity index (χ2v) is 6.22. The first-order valence-electron chi connectivity index (χ1n) is 6.41. The van der Waals surface area contributed by atoms with Gasteiger partial charge >= 0.3 is 6.01 Å². The maximum Gasteiger partial charge on any atom is 0.328 e. The van der Waals surface area contributed by atoms with Gasteiger partial charge in [0.05, 0.1) is 5.02 Å². The third-order valence-corrected chi connectivity index (χ3v) is 4.03. The Kier molecular flexibility index (Phi) is 4.47. The van der Waals surface area contributed by atoms with Crippen LogP contribution in [0.4, 0.5) is 5.95 Å². The maximum absolute atomic E-state index is 6.09. The van der Waals surface area contributed by atoms with Gasteiger partial charge in [-0.25, -0.2) is 0 Å². The molecule has 0 radical (unpaired) electrons. The molecule has 0 unspecified atom stereocenters. The lowest BCUT2D eigenvalue weighted by Crippen LogP contribution is -2.21. The van der Waals surface area contributed by atoms with E-state index in [2.05, 4.69) is 35.8 Å². The van der Waals surface area contributed by atoms with E-state index in [-0.39, 0.29) is 11.3 Å². The van der Waals surface area contributed by atoms with Crippen LogP contribution in [0.2, 0.25) is 10.3 Å². The summed E-state index contributed by atoms with van der Waals surface area (Å²) in [5.74, 6) is 0.995. The minimum atomic E-state index is 0.105. The molecule has 1 aromatic heterocycles. The molecule has 0 N–H and O–H groups in total. The van der Waals surface area contributed by atoms with Crippen molar-refractivity contribution in [3.8, 4) is 11.8 Å². The fourth-order valence-electron chi connectivity index (χ4n) is 2.08. The predicted molar refractivity (Wildman–Crippen MR) is 85.5 cm³/mol. The van der Waals surface area contributed by atoms with Crippen molar-refractivity contribution in [1.29, 1.82) is 0 Å². The third-order valence-electron chi connectivity index (χ3n) is 3.06. The highest BCUT2D eigenvalue weighted by molar-refractivity contribution is 9.10. The molecule has 0 bridgehead atoms. The summed E-state index contributed by atoms with van der Waals surface area (Å²) in [6, 6.07) is 5.43. The maximum atomic E-state index is 6.09. The van der Waals surface area contributed by atoms with Gasteiger partial charge in [-0.05, 0) is 42.6 Å². The lowest BCUT2D eigenvalue weighted by Gasteiger charge is -2.15. The number of rotatable bonds is 3. The molecule has 1 aliphatic rings. The van der Waals surface area contributed by atoms with Crippen LogP contribution < -0.4 is 9.64 Å². The highest BCUT2D eigenvalue weighted by atomic mass is 79.9. The average molecular weight is 390 g/mol. The Morgan fingerprint density at radius 1 is 1.10 bits per heavy atom. The summed E-state index contributed by atoms with van der Waals surface area (Å²) in [5, 5.41) is 0.575. The zero-order valence-electron chi connectivity index (χ0n) is 10.9. The minimum Gasteiger partial charge on any atom is -0.423 e. The Labute approximate surface area is 140 Å². The average Bonchev–Trinajstić information content (AvgIpc) is 2.96. The Morgan fingerprint density at radius 2 is 1.86 bits per heavy atom. The van der Waals surface area contributed by atoms with Gasteiger partial charge in [-0.2, -0.15) is 15.0 Å². The molecule has 21 heavy (non-hydrogen) atoms. The van der Waals surface area contributed by atoms with E-state index >= 15 is 0 Å². The highest BCUT2D eigenvalue weighted by Gasteiger charge is 2.18. The summed E-state index contributed by atoms with van der Waals surface area (Å²) >= 11 is 15.4. The van der Waals surface area contributed by atoms with Gasteiger partial charge in [-0.15, -0.1) is 0 Å². The molecule has 2 aromatic rings. The quantitative estimate of drug-likeness (QED) is 0.781. The van der Waals surface area contributed by atoms with E-state index in [1.165, 1.54) is 0 Å². The molecule has 1 fully saturated rings. The molecule has 0 atom stereocenters. The molecule has 110 valence electrons. The van der Waals surface area contributed by atoms with Gasteiger partial charge in [0.1, 0.15) is 0 Å². The van der Waals surface area contributed by atoms with Gasteiger partial charge in [0, 0.05) is 17.6 Å². The van der Waals surface area contributed by atoms with Crippen molar-refractivity contribution in [3.05, 3.63) is 33.0 Å². The Bertz CT molecular complexity index is 665. The van der Waals surface area contributed by atoms with Crippen molar-refractivity contribution in [2.24, 2.45) is 0 Å². The first kappa shape index (κ1) is 14.8. The summed E-state index contributed by atoms with van der Waals surface area (Å²) in [6.45, 7) is 1.83. The molecule has 8 heteroatoms. The number of hydrogen-bond acceptors (Lipinski definition) is 5. The second kappa shape index (κ2) is 6.34. The van der Waals surface area contributed by atoms with Gasteiger partial charge in [0.25, 0.3) is 0 Å². The van der Waals surface area contributed by atoms with Crippen molar-refractivity contribution in [2.45, 2.75) is 12.8 Å². The molecule has 1 saturated heterocycles. The monoisotopic (exact) mass is 388 g/mol. The van der Waals surface area contributed by atoms with Crippen molar-refractivity contribution in [1.82, 2.24) is 15.0 Å². The molecule has 0 aliphatic carbocycles. The van der Waals surface area contributed by atoms with Crippen LogP contribution in [0.25, 0.3) is 0 Å². The van der Waals surface area contributed by atoms with Gasteiger partial charge in [-0.3, -0.25) is 0 Å².